The van der Waals surface area contributed by atoms with Gasteiger partial charge >= 0.3 is 0 Å². The minimum Gasteiger partial charge on any atom is -0.454 e. The molecule has 0 bridgehead atoms. The molecule has 8 heteroatoms. The van der Waals surface area contributed by atoms with Gasteiger partial charge in [-0.3, -0.25) is 14.7 Å². The van der Waals surface area contributed by atoms with Gasteiger partial charge in [0.05, 0.1) is 5.52 Å². The van der Waals surface area contributed by atoms with Crippen molar-refractivity contribution in [1.29, 1.82) is 0 Å². The quantitative estimate of drug-likeness (QED) is 0.666. The van der Waals surface area contributed by atoms with E-state index in [0.717, 1.165) is 5.52 Å². The predicted molar refractivity (Wildman–Crippen MR) is 94.2 cm³/mol. The molecule has 1 atom stereocenters. The molecule has 132 valence electrons. The molecule has 2 amide bonds. The summed E-state index contributed by atoms with van der Waals surface area (Å²) in [5.41, 5.74) is 1.57. The van der Waals surface area contributed by atoms with Crippen LogP contribution in [-0.4, -0.2) is 34.8 Å². The number of aromatic nitrogens is 2. The van der Waals surface area contributed by atoms with Crippen LogP contribution in [0.5, 0.6) is 11.5 Å². The topological polar surface area (TPSA) is 105 Å². The Hall–Kier alpha value is -3.55. The van der Waals surface area contributed by atoms with Crippen LogP contribution in [0.25, 0.3) is 10.9 Å². The summed E-state index contributed by atoms with van der Waals surface area (Å²) in [6.45, 7) is 1.77. The van der Waals surface area contributed by atoms with E-state index in [1.165, 1.54) is 0 Å². The first kappa shape index (κ1) is 15.9. The second kappa shape index (κ2) is 6.40. The molecule has 3 aromatic rings. The van der Waals surface area contributed by atoms with Crippen molar-refractivity contribution in [2.24, 2.45) is 0 Å². The van der Waals surface area contributed by atoms with Crippen molar-refractivity contribution in [1.82, 2.24) is 15.5 Å². The van der Waals surface area contributed by atoms with Crippen molar-refractivity contribution < 1.29 is 19.1 Å². The maximum absolute atomic E-state index is 12.4. The molecule has 1 aliphatic rings. The van der Waals surface area contributed by atoms with Crippen molar-refractivity contribution >= 4 is 28.4 Å². The van der Waals surface area contributed by atoms with Crippen molar-refractivity contribution in [2.75, 3.05) is 12.1 Å². The van der Waals surface area contributed by atoms with Crippen LogP contribution in [0.15, 0.2) is 42.5 Å². The molecule has 0 aliphatic carbocycles. The normalized spacial score (nSPS) is 13.4. The molecule has 0 radical (unpaired) electrons. The molecule has 2 heterocycles. The van der Waals surface area contributed by atoms with Crippen LogP contribution in [0.1, 0.15) is 17.4 Å². The lowest BCUT2D eigenvalue weighted by atomic mass is 10.2. The van der Waals surface area contributed by atoms with E-state index in [-0.39, 0.29) is 18.4 Å². The lowest BCUT2D eigenvalue weighted by Crippen LogP contribution is -2.41. The molecule has 2 aromatic carbocycles. The minimum atomic E-state index is -0.747. The molecule has 1 aliphatic heterocycles. The number of carbonyl (C=O) groups is 2. The molecule has 1 aromatic heterocycles. The average molecular weight is 352 g/mol. The number of anilines is 1. The number of nitrogens with one attached hydrogen (secondary N) is 3. The molecule has 0 spiro atoms. The summed E-state index contributed by atoms with van der Waals surface area (Å²) in [7, 11) is 0. The Bertz CT molecular complexity index is 998. The van der Waals surface area contributed by atoms with Crippen LogP contribution in [0, 0.1) is 0 Å². The maximum Gasteiger partial charge on any atom is 0.273 e. The largest absolute Gasteiger partial charge is 0.454 e. The summed E-state index contributed by atoms with van der Waals surface area (Å²) in [6, 6.07) is 11.7. The number of carbonyl (C=O) groups excluding carboxylic acids is 2. The highest BCUT2D eigenvalue weighted by atomic mass is 16.7. The Kier molecular flexibility index (Phi) is 3.92. The standard InChI is InChI=1S/C18H16N4O4/c1-10(17(23)20-11-6-7-14-15(8-11)26-9-25-14)19-18(24)16-12-4-2-3-5-13(12)21-22-16/h2-8,10H,9H2,1H3,(H,19,24)(H,20,23)(H,21,22). The van der Waals surface area contributed by atoms with E-state index in [1.807, 2.05) is 18.2 Å². The zero-order valence-corrected chi connectivity index (χ0v) is 13.9. The van der Waals surface area contributed by atoms with Crippen LogP contribution in [0.3, 0.4) is 0 Å². The van der Waals surface area contributed by atoms with Gasteiger partial charge in [0.1, 0.15) is 6.04 Å². The van der Waals surface area contributed by atoms with Crippen LogP contribution in [0.4, 0.5) is 5.69 Å². The smallest absolute Gasteiger partial charge is 0.273 e. The number of H-pyrrole nitrogens is 1. The van der Waals surface area contributed by atoms with E-state index < -0.39 is 11.9 Å². The van der Waals surface area contributed by atoms with Gasteiger partial charge in [0, 0.05) is 17.1 Å². The van der Waals surface area contributed by atoms with Crippen molar-refractivity contribution in [2.45, 2.75) is 13.0 Å². The van der Waals surface area contributed by atoms with Gasteiger partial charge in [-0.1, -0.05) is 18.2 Å². The molecule has 3 N–H and O–H groups in total. The van der Waals surface area contributed by atoms with Crippen LogP contribution < -0.4 is 20.1 Å². The zero-order valence-electron chi connectivity index (χ0n) is 13.9. The monoisotopic (exact) mass is 352 g/mol. The first-order chi connectivity index (χ1) is 12.6. The molecular formula is C18H16N4O4. The van der Waals surface area contributed by atoms with Gasteiger partial charge in [-0.2, -0.15) is 5.10 Å². The van der Waals surface area contributed by atoms with Crippen LogP contribution >= 0.6 is 0 Å². The SMILES string of the molecule is CC(NC(=O)c1n[nH]c2ccccc12)C(=O)Nc1ccc2c(c1)OCO2. The lowest BCUT2D eigenvalue weighted by Gasteiger charge is -2.13. The molecule has 0 saturated carbocycles. The summed E-state index contributed by atoms with van der Waals surface area (Å²) in [5.74, 6) is 0.435. The van der Waals surface area contributed by atoms with E-state index in [9.17, 15) is 9.59 Å². The first-order valence-electron chi connectivity index (χ1n) is 8.06. The Balaban J connectivity index is 1.43. The fourth-order valence-corrected chi connectivity index (χ4v) is 2.69. The summed E-state index contributed by atoms with van der Waals surface area (Å²) >= 11 is 0. The second-order valence-electron chi connectivity index (χ2n) is 5.87. The first-order valence-corrected chi connectivity index (χ1v) is 8.06. The summed E-state index contributed by atoms with van der Waals surface area (Å²) in [4.78, 5) is 24.8. The fourth-order valence-electron chi connectivity index (χ4n) is 2.69. The Labute approximate surface area is 148 Å². The average Bonchev–Trinajstić information content (AvgIpc) is 3.27. The number of hydrogen-bond donors (Lipinski definition) is 3. The maximum atomic E-state index is 12.4. The molecule has 26 heavy (non-hydrogen) atoms. The van der Waals surface area contributed by atoms with E-state index >= 15 is 0 Å². The summed E-state index contributed by atoms with van der Waals surface area (Å²) < 4.78 is 10.5. The number of rotatable bonds is 4. The molecule has 1 unspecified atom stereocenters. The van der Waals surface area contributed by atoms with Gasteiger partial charge in [-0.25, -0.2) is 0 Å². The molecule has 4 rings (SSSR count). The van der Waals surface area contributed by atoms with Gasteiger partial charge in [-0.05, 0) is 25.1 Å². The number of nitrogens with zero attached hydrogens (tertiary/aromatic N) is 1. The molecule has 8 nitrogen and oxygen atoms in total. The number of hydrogen-bond acceptors (Lipinski definition) is 5. The van der Waals surface area contributed by atoms with Gasteiger partial charge in [0.2, 0.25) is 12.7 Å². The highest BCUT2D eigenvalue weighted by molar-refractivity contribution is 6.07. The van der Waals surface area contributed by atoms with Crippen LogP contribution in [-0.2, 0) is 4.79 Å². The Morgan fingerprint density at radius 1 is 1.15 bits per heavy atom. The highest BCUT2D eigenvalue weighted by Crippen LogP contribution is 2.34. The van der Waals surface area contributed by atoms with Crippen molar-refractivity contribution in [3.05, 3.63) is 48.2 Å². The third kappa shape index (κ3) is 2.92. The number of ether oxygens (including phenoxy) is 2. The predicted octanol–water partition coefficient (Wildman–Crippen LogP) is 2.05. The second-order valence-corrected chi connectivity index (χ2v) is 5.87. The number of para-hydroxylation sites is 1. The fraction of sp³-hybridized carbons (Fsp3) is 0.167. The number of benzene rings is 2. The van der Waals surface area contributed by atoms with Gasteiger partial charge in [0.15, 0.2) is 17.2 Å². The molecule has 0 saturated heterocycles. The zero-order chi connectivity index (χ0) is 18.1. The van der Waals surface area contributed by atoms with E-state index in [4.69, 9.17) is 9.47 Å². The number of amides is 2. The van der Waals surface area contributed by atoms with Crippen LogP contribution in [0.2, 0.25) is 0 Å². The van der Waals surface area contributed by atoms with Gasteiger partial charge < -0.3 is 20.1 Å². The molecular weight excluding hydrogens is 336 g/mol. The summed E-state index contributed by atoms with van der Waals surface area (Å²) in [6.07, 6.45) is 0. The van der Waals surface area contributed by atoms with E-state index in [2.05, 4.69) is 20.8 Å². The minimum absolute atomic E-state index is 0.164. The third-order valence-electron chi connectivity index (χ3n) is 4.07. The number of fused-ring (bicyclic) bond motifs is 2. The summed E-state index contributed by atoms with van der Waals surface area (Å²) in [5, 5.41) is 12.9. The Morgan fingerprint density at radius 3 is 2.85 bits per heavy atom. The Morgan fingerprint density at radius 2 is 1.96 bits per heavy atom. The molecule has 0 fully saturated rings. The van der Waals surface area contributed by atoms with E-state index in [0.29, 0.717) is 22.6 Å². The van der Waals surface area contributed by atoms with Crippen molar-refractivity contribution in [3.63, 3.8) is 0 Å². The van der Waals surface area contributed by atoms with Crippen molar-refractivity contribution in [3.8, 4) is 11.5 Å². The third-order valence-corrected chi connectivity index (χ3v) is 4.07. The van der Waals surface area contributed by atoms with E-state index in [1.54, 1.807) is 31.2 Å². The highest BCUT2D eigenvalue weighted by Gasteiger charge is 2.21. The number of aromatic amines is 1. The van der Waals surface area contributed by atoms with Gasteiger partial charge in [-0.15, -0.1) is 0 Å². The lowest BCUT2D eigenvalue weighted by molar-refractivity contribution is -0.117. The van der Waals surface area contributed by atoms with Gasteiger partial charge in [0.25, 0.3) is 5.91 Å².